The molecule has 1 aliphatic rings. The minimum atomic E-state index is -0.281. The number of nitrogens with zero attached hydrogens (tertiary/aromatic N) is 2. The number of amides is 1. The number of para-hydroxylation sites is 2. The second-order valence-corrected chi connectivity index (χ2v) is 7.44. The maximum Gasteiger partial charge on any atom is 0.220 e. The van der Waals surface area contributed by atoms with Crippen LogP contribution in [0.1, 0.15) is 31.2 Å². The highest BCUT2D eigenvalue weighted by Crippen LogP contribution is 2.25. The first-order valence-corrected chi connectivity index (χ1v) is 9.89. The van der Waals surface area contributed by atoms with Gasteiger partial charge in [-0.3, -0.25) is 4.79 Å². The number of aromatic nitrogens is 2. The maximum atomic E-state index is 13.6. The average Bonchev–Trinajstić information content (AvgIpc) is 3.16. The largest absolute Gasteiger partial charge is 0.352 e. The summed E-state index contributed by atoms with van der Waals surface area (Å²) in [5, 5.41) is 2.83. The molecule has 0 saturated carbocycles. The van der Waals surface area contributed by atoms with E-state index in [1.165, 1.54) is 6.07 Å². The van der Waals surface area contributed by atoms with E-state index < -0.39 is 0 Å². The summed E-state index contributed by atoms with van der Waals surface area (Å²) < 4.78 is 13.6. The van der Waals surface area contributed by atoms with Crippen LogP contribution in [0, 0.1) is 11.7 Å². The summed E-state index contributed by atoms with van der Waals surface area (Å²) >= 11 is 0. The minimum Gasteiger partial charge on any atom is -0.352 e. The van der Waals surface area contributed by atoms with Crippen LogP contribution in [0.25, 0.3) is 11.0 Å². The molecule has 3 aromatic rings. The fourth-order valence-electron chi connectivity index (χ4n) is 3.84. The molecule has 2 N–H and O–H groups in total. The fourth-order valence-corrected chi connectivity index (χ4v) is 3.84. The van der Waals surface area contributed by atoms with Crippen LogP contribution in [0.2, 0.25) is 0 Å². The molecule has 1 fully saturated rings. The molecule has 0 unspecified atom stereocenters. The second kappa shape index (κ2) is 8.42. The minimum absolute atomic E-state index is 0.0240. The number of piperidine rings is 1. The predicted octanol–water partition coefficient (Wildman–Crippen LogP) is 4.02. The topological polar surface area (TPSA) is 61.0 Å². The number of halogens is 1. The van der Waals surface area contributed by atoms with Gasteiger partial charge in [0.1, 0.15) is 5.82 Å². The van der Waals surface area contributed by atoms with E-state index in [0.717, 1.165) is 49.3 Å². The van der Waals surface area contributed by atoms with E-state index in [0.29, 0.717) is 17.9 Å². The Morgan fingerprint density at radius 3 is 2.89 bits per heavy atom. The van der Waals surface area contributed by atoms with Gasteiger partial charge in [-0.1, -0.05) is 30.3 Å². The number of aromatic amines is 1. The summed E-state index contributed by atoms with van der Waals surface area (Å²) in [5.74, 6) is 1.07. The number of hydrogen-bond donors (Lipinski definition) is 2. The highest BCUT2D eigenvalue weighted by Gasteiger charge is 2.22. The van der Waals surface area contributed by atoms with Crippen molar-refractivity contribution < 1.29 is 9.18 Å². The summed E-state index contributed by atoms with van der Waals surface area (Å²) in [7, 11) is 0. The number of fused-ring (bicyclic) bond motifs is 1. The van der Waals surface area contributed by atoms with Crippen LogP contribution in [-0.4, -0.2) is 29.0 Å². The van der Waals surface area contributed by atoms with E-state index in [1.807, 2.05) is 24.3 Å². The first kappa shape index (κ1) is 18.5. The third-order valence-corrected chi connectivity index (χ3v) is 5.41. The quantitative estimate of drug-likeness (QED) is 0.679. The van der Waals surface area contributed by atoms with Crippen LogP contribution >= 0.6 is 0 Å². The maximum absolute atomic E-state index is 13.6. The van der Waals surface area contributed by atoms with Crippen molar-refractivity contribution >= 4 is 22.9 Å². The van der Waals surface area contributed by atoms with E-state index in [-0.39, 0.29) is 18.3 Å². The Bertz CT molecular complexity index is 921. The van der Waals surface area contributed by atoms with Crippen molar-refractivity contribution in [2.24, 2.45) is 5.92 Å². The van der Waals surface area contributed by atoms with Crippen molar-refractivity contribution in [1.29, 1.82) is 0 Å². The molecule has 146 valence electrons. The van der Waals surface area contributed by atoms with Crippen molar-refractivity contribution in [3.05, 3.63) is 59.9 Å². The molecule has 6 heteroatoms. The zero-order valence-corrected chi connectivity index (χ0v) is 15.8. The molecular weight excluding hydrogens is 355 g/mol. The molecule has 28 heavy (non-hydrogen) atoms. The number of imidazole rings is 1. The molecule has 2 aromatic carbocycles. The smallest absolute Gasteiger partial charge is 0.220 e. The third kappa shape index (κ3) is 4.32. The van der Waals surface area contributed by atoms with Crippen LogP contribution in [0.5, 0.6) is 0 Å². The van der Waals surface area contributed by atoms with E-state index in [2.05, 4.69) is 15.2 Å². The van der Waals surface area contributed by atoms with Crippen LogP contribution < -0.4 is 10.2 Å². The number of nitrogens with one attached hydrogen (secondary N) is 2. The summed E-state index contributed by atoms with van der Waals surface area (Å²) in [6.07, 6.45) is 3.52. The summed E-state index contributed by atoms with van der Waals surface area (Å²) in [6, 6.07) is 14.6. The molecule has 1 atom stereocenters. The van der Waals surface area contributed by atoms with E-state index in [9.17, 15) is 9.18 Å². The molecule has 0 bridgehead atoms. The first-order valence-electron chi connectivity index (χ1n) is 9.89. The molecule has 2 heterocycles. The van der Waals surface area contributed by atoms with Crippen molar-refractivity contribution in [3.63, 3.8) is 0 Å². The number of rotatable bonds is 6. The molecule has 1 aliphatic heterocycles. The van der Waals surface area contributed by atoms with Gasteiger partial charge in [0.25, 0.3) is 0 Å². The lowest BCUT2D eigenvalue weighted by Gasteiger charge is -2.32. The molecule has 0 aliphatic carbocycles. The zero-order chi connectivity index (χ0) is 19.3. The molecule has 0 spiro atoms. The number of carbonyl (C=O) groups excluding carboxylic acids is 1. The van der Waals surface area contributed by atoms with Crippen molar-refractivity contribution in [2.45, 2.75) is 32.2 Å². The van der Waals surface area contributed by atoms with Crippen LogP contribution in [0.4, 0.5) is 10.3 Å². The first-order chi connectivity index (χ1) is 13.7. The van der Waals surface area contributed by atoms with Gasteiger partial charge in [-0.2, -0.15) is 0 Å². The highest BCUT2D eigenvalue weighted by atomic mass is 19.1. The summed E-state index contributed by atoms with van der Waals surface area (Å²) in [4.78, 5) is 22.5. The van der Waals surface area contributed by atoms with Crippen LogP contribution in [-0.2, 0) is 11.3 Å². The van der Waals surface area contributed by atoms with Crippen molar-refractivity contribution in [3.8, 4) is 0 Å². The summed E-state index contributed by atoms with van der Waals surface area (Å²) in [6.45, 7) is 2.12. The molecule has 1 aromatic heterocycles. The number of carbonyl (C=O) groups is 1. The Balaban J connectivity index is 1.28. The van der Waals surface area contributed by atoms with Gasteiger partial charge >= 0.3 is 0 Å². The Morgan fingerprint density at radius 2 is 2.04 bits per heavy atom. The van der Waals surface area contributed by atoms with Crippen LogP contribution in [0.15, 0.2) is 48.5 Å². The lowest BCUT2D eigenvalue weighted by Crippen LogP contribution is -2.36. The van der Waals surface area contributed by atoms with Gasteiger partial charge in [0.15, 0.2) is 0 Å². The average molecular weight is 380 g/mol. The van der Waals surface area contributed by atoms with Crippen LogP contribution in [0.3, 0.4) is 0 Å². The molecular formula is C22H25FN4O. The number of hydrogen-bond acceptors (Lipinski definition) is 3. The fraction of sp³-hybridized carbons (Fsp3) is 0.364. The monoisotopic (exact) mass is 380 g/mol. The van der Waals surface area contributed by atoms with Gasteiger partial charge in [-0.15, -0.1) is 0 Å². The highest BCUT2D eigenvalue weighted by molar-refractivity contribution is 5.77. The van der Waals surface area contributed by atoms with Gasteiger partial charge in [-0.25, -0.2) is 9.37 Å². The number of anilines is 1. The normalized spacial score (nSPS) is 17.0. The van der Waals surface area contributed by atoms with Crippen molar-refractivity contribution in [2.75, 3.05) is 18.0 Å². The number of benzene rings is 2. The Labute approximate surface area is 164 Å². The van der Waals surface area contributed by atoms with Gasteiger partial charge in [-0.05, 0) is 43.4 Å². The molecule has 0 radical (unpaired) electrons. The van der Waals surface area contributed by atoms with Gasteiger partial charge in [0.05, 0.1) is 11.0 Å². The van der Waals surface area contributed by atoms with Crippen molar-refractivity contribution in [1.82, 2.24) is 15.3 Å². The molecule has 1 amide bonds. The Morgan fingerprint density at radius 1 is 1.21 bits per heavy atom. The SMILES string of the molecule is O=C(CC[C@@H]1CCCN(c2nc3ccccc3[nH]2)C1)NCc1ccccc1F. The van der Waals surface area contributed by atoms with E-state index >= 15 is 0 Å². The van der Waals surface area contributed by atoms with E-state index in [4.69, 9.17) is 4.98 Å². The standard InChI is InChI=1S/C22H25FN4O/c23-18-8-2-1-7-17(18)14-24-21(28)12-11-16-6-5-13-27(15-16)22-25-19-9-3-4-10-20(19)26-22/h1-4,7-10,16H,5-6,11-15H2,(H,24,28)(H,25,26)/t16-/m0/s1. The lowest BCUT2D eigenvalue weighted by molar-refractivity contribution is -0.121. The van der Waals surface area contributed by atoms with Gasteiger partial charge in [0, 0.05) is 31.6 Å². The Hall–Kier alpha value is -2.89. The van der Waals surface area contributed by atoms with Gasteiger partial charge in [0.2, 0.25) is 11.9 Å². The van der Waals surface area contributed by atoms with Gasteiger partial charge < -0.3 is 15.2 Å². The third-order valence-electron chi connectivity index (χ3n) is 5.41. The van der Waals surface area contributed by atoms with E-state index in [1.54, 1.807) is 18.2 Å². The molecule has 4 rings (SSSR count). The number of H-pyrrole nitrogens is 1. The second-order valence-electron chi connectivity index (χ2n) is 7.44. The molecule has 5 nitrogen and oxygen atoms in total. The zero-order valence-electron chi connectivity index (χ0n) is 15.8. The Kier molecular flexibility index (Phi) is 5.55. The lowest BCUT2D eigenvalue weighted by atomic mass is 9.93. The predicted molar refractivity (Wildman–Crippen MR) is 109 cm³/mol. The molecule has 1 saturated heterocycles. The summed E-state index contributed by atoms with van der Waals surface area (Å²) in [5.41, 5.74) is 2.55.